The minimum Gasteiger partial charge on any atom is -0.257 e. The number of hydrogen-bond acceptors (Lipinski definition) is 1. The quantitative estimate of drug-likeness (QED) is 0.762. The second-order valence-electron chi connectivity index (χ2n) is 6.12. The topological polar surface area (TPSA) is 16.8 Å². The molecule has 2 heterocycles. The molecule has 0 aliphatic carbocycles. The van der Waals surface area contributed by atoms with Crippen molar-refractivity contribution in [2.75, 3.05) is 0 Å². The first-order valence-electron chi connectivity index (χ1n) is 9.24. The molecule has 2 aromatic heterocycles. The Bertz CT molecular complexity index is 789. The number of nitrogens with zero attached hydrogens (tertiary/aromatic N) is 2. The van der Waals surface area contributed by atoms with E-state index in [1.165, 1.54) is 0 Å². The number of aryl methyl sites for hydroxylation is 3. The molecule has 2 nitrogen and oxygen atoms in total. The number of hydrogen-bond donors (Lipinski definition) is 0. The van der Waals surface area contributed by atoms with Crippen LogP contribution in [0.5, 0.6) is 0 Å². The van der Waals surface area contributed by atoms with Gasteiger partial charge in [-0.25, -0.2) is 4.57 Å². The van der Waals surface area contributed by atoms with Crippen LogP contribution in [0.4, 0.5) is 0 Å². The maximum atomic E-state index is 8.37. The third-order valence-electron chi connectivity index (χ3n) is 3.00. The van der Waals surface area contributed by atoms with Gasteiger partial charge in [-0.2, -0.15) is 0 Å². The normalized spacial score (nSPS) is 16.8. The molecule has 0 atom stereocenters. The third kappa shape index (κ3) is 3.44. The van der Waals surface area contributed by atoms with Crippen LogP contribution in [0.3, 0.4) is 0 Å². The van der Waals surface area contributed by atoms with Crippen molar-refractivity contribution in [3.63, 3.8) is 0 Å². The SMILES string of the molecule is [2H]C([2H])([2H])c1ccc(-c2ccc(C([2H])([2H])C(C)(C)C)nc2C)[n+](C)c1. The Kier molecular flexibility index (Phi) is 2.48. The largest absolute Gasteiger partial charge is 0.257 e. The molecule has 106 valence electrons. The van der Waals surface area contributed by atoms with Gasteiger partial charge in [0.2, 0.25) is 5.69 Å². The number of rotatable bonds is 2. The summed E-state index contributed by atoms with van der Waals surface area (Å²) in [6, 6.07) is 6.94. The molecule has 0 aromatic carbocycles. The minimum atomic E-state index is -2.14. The molecule has 0 saturated heterocycles. The van der Waals surface area contributed by atoms with E-state index >= 15 is 0 Å². The Morgan fingerprint density at radius 3 is 2.55 bits per heavy atom. The lowest BCUT2D eigenvalue weighted by Crippen LogP contribution is -2.31. The van der Waals surface area contributed by atoms with Gasteiger partial charge in [-0.1, -0.05) is 20.8 Å². The molecule has 0 amide bonds. The Morgan fingerprint density at radius 2 is 2.00 bits per heavy atom. The molecule has 0 aliphatic rings. The van der Waals surface area contributed by atoms with Crippen molar-refractivity contribution in [3.8, 4) is 11.3 Å². The molecule has 0 aliphatic heterocycles. The van der Waals surface area contributed by atoms with Crippen LogP contribution in [-0.2, 0) is 13.4 Å². The summed E-state index contributed by atoms with van der Waals surface area (Å²) in [5.41, 5.74) is 2.52. The summed E-state index contributed by atoms with van der Waals surface area (Å²) in [6.07, 6.45) is 0.0493. The van der Waals surface area contributed by atoms with Crippen LogP contribution >= 0.6 is 0 Å². The average molecular weight is 274 g/mol. The highest BCUT2D eigenvalue weighted by molar-refractivity contribution is 5.59. The average Bonchev–Trinajstić information content (AvgIpc) is 2.45. The lowest BCUT2D eigenvalue weighted by atomic mass is 9.90. The van der Waals surface area contributed by atoms with Crippen molar-refractivity contribution in [2.45, 2.75) is 40.9 Å². The van der Waals surface area contributed by atoms with Gasteiger partial charge in [0.1, 0.15) is 7.05 Å². The monoisotopic (exact) mass is 274 g/mol. The van der Waals surface area contributed by atoms with E-state index in [-0.39, 0.29) is 5.56 Å². The van der Waals surface area contributed by atoms with E-state index in [2.05, 4.69) is 4.98 Å². The highest BCUT2D eigenvalue weighted by Crippen LogP contribution is 2.23. The summed E-state index contributed by atoms with van der Waals surface area (Å²) in [5.74, 6) is 0. The first-order chi connectivity index (χ1) is 11.2. The van der Waals surface area contributed by atoms with Crippen LogP contribution in [0.15, 0.2) is 30.5 Å². The van der Waals surface area contributed by atoms with E-state index in [0.29, 0.717) is 11.4 Å². The van der Waals surface area contributed by atoms with Gasteiger partial charge in [0.25, 0.3) is 0 Å². The van der Waals surface area contributed by atoms with Crippen LogP contribution in [0, 0.1) is 19.2 Å². The van der Waals surface area contributed by atoms with Crippen molar-refractivity contribution < 1.29 is 11.4 Å². The zero-order valence-corrected chi connectivity index (χ0v) is 12.8. The molecule has 0 saturated carbocycles. The second-order valence-corrected chi connectivity index (χ2v) is 6.12. The summed E-state index contributed by atoms with van der Waals surface area (Å²) < 4.78 is 41.0. The molecule has 0 N–H and O–H groups in total. The molecule has 2 rings (SSSR count). The Hall–Kier alpha value is -1.70. The molecule has 20 heavy (non-hydrogen) atoms. The van der Waals surface area contributed by atoms with E-state index in [4.69, 9.17) is 6.85 Å². The predicted octanol–water partition coefficient (Wildman–Crippen LogP) is 3.78. The summed E-state index contributed by atoms with van der Waals surface area (Å²) >= 11 is 0. The molecule has 0 unspecified atom stereocenters. The van der Waals surface area contributed by atoms with Gasteiger partial charge in [-0.15, -0.1) is 0 Å². The zero-order chi connectivity index (χ0) is 19.2. The van der Waals surface area contributed by atoms with Crippen LogP contribution in [-0.4, -0.2) is 4.98 Å². The fraction of sp³-hybridized carbons (Fsp3) is 0.444. The van der Waals surface area contributed by atoms with Gasteiger partial charge in [0, 0.05) is 24.2 Å². The molecule has 0 radical (unpaired) electrons. The van der Waals surface area contributed by atoms with Gasteiger partial charge < -0.3 is 0 Å². The molecule has 0 spiro atoms. The predicted molar refractivity (Wildman–Crippen MR) is 83.5 cm³/mol. The standard InChI is InChI=1S/C18H25N2/c1-13-7-10-17(20(6)12-13)16-9-8-15(19-14(16)2)11-18(3,4)5/h7-10,12H,11H2,1-6H3/q+1/i1D3,11D2. The maximum Gasteiger partial charge on any atom is 0.214 e. The highest BCUT2D eigenvalue weighted by atomic mass is 14.9. The van der Waals surface area contributed by atoms with Crippen molar-refractivity contribution in [1.29, 1.82) is 0 Å². The van der Waals surface area contributed by atoms with Crippen LogP contribution in [0.2, 0.25) is 0 Å². The Labute approximate surface area is 129 Å². The summed E-state index contributed by atoms with van der Waals surface area (Å²) in [6.45, 7) is 5.26. The van der Waals surface area contributed by atoms with Gasteiger partial charge in [-0.3, -0.25) is 4.98 Å². The Balaban J connectivity index is 2.50. The summed E-state index contributed by atoms with van der Waals surface area (Å²) in [7, 11) is 1.80. The maximum absolute atomic E-state index is 8.37. The molecular weight excluding hydrogens is 244 g/mol. The summed E-state index contributed by atoms with van der Waals surface area (Å²) in [4.78, 5) is 4.50. The van der Waals surface area contributed by atoms with E-state index in [1.807, 2.05) is 33.8 Å². The molecule has 2 heteroatoms. The first-order valence-corrected chi connectivity index (χ1v) is 6.74. The van der Waals surface area contributed by atoms with Crippen LogP contribution < -0.4 is 4.57 Å². The van der Waals surface area contributed by atoms with Crippen molar-refractivity contribution in [1.82, 2.24) is 4.98 Å². The van der Waals surface area contributed by atoms with Crippen LogP contribution in [0.25, 0.3) is 11.3 Å². The van der Waals surface area contributed by atoms with Crippen molar-refractivity contribution in [3.05, 3.63) is 47.4 Å². The van der Waals surface area contributed by atoms with Crippen molar-refractivity contribution >= 4 is 0 Å². The van der Waals surface area contributed by atoms with Gasteiger partial charge >= 0.3 is 0 Å². The van der Waals surface area contributed by atoms with E-state index in [1.54, 1.807) is 36.0 Å². The second kappa shape index (κ2) is 5.35. The number of aromatic nitrogens is 2. The zero-order valence-electron chi connectivity index (χ0n) is 17.8. The van der Waals surface area contributed by atoms with Gasteiger partial charge in [0.15, 0.2) is 6.20 Å². The summed E-state index contributed by atoms with van der Waals surface area (Å²) in [5, 5.41) is 0. The fourth-order valence-electron chi connectivity index (χ4n) is 2.17. The lowest BCUT2D eigenvalue weighted by molar-refractivity contribution is -0.660. The Morgan fingerprint density at radius 1 is 1.25 bits per heavy atom. The third-order valence-corrected chi connectivity index (χ3v) is 3.00. The van der Waals surface area contributed by atoms with Gasteiger partial charge in [0.05, 0.1) is 11.3 Å². The molecular formula is C18H25N2+. The van der Waals surface area contributed by atoms with E-state index in [9.17, 15) is 0 Å². The smallest absolute Gasteiger partial charge is 0.214 e. The lowest BCUT2D eigenvalue weighted by Gasteiger charge is -2.18. The number of pyridine rings is 2. The minimum absolute atomic E-state index is 0.282. The molecule has 0 bridgehead atoms. The molecule has 0 fully saturated rings. The van der Waals surface area contributed by atoms with Gasteiger partial charge in [-0.05, 0) is 43.8 Å². The first kappa shape index (κ1) is 9.28. The van der Waals surface area contributed by atoms with Crippen molar-refractivity contribution in [2.24, 2.45) is 12.5 Å². The highest BCUT2D eigenvalue weighted by Gasteiger charge is 2.16. The molecule has 2 aromatic rings. The fourth-order valence-corrected chi connectivity index (χ4v) is 2.17. The van der Waals surface area contributed by atoms with E-state index < -0.39 is 18.6 Å². The van der Waals surface area contributed by atoms with Crippen LogP contribution in [0.1, 0.15) is 44.6 Å². The van der Waals surface area contributed by atoms with E-state index in [0.717, 1.165) is 11.3 Å².